The number of amidine groups is 1. The number of aliphatic imine (C=N–C) groups is 1. The largest absolute Gasteiger partial charge is 0.362 e. The number of hydrogen-bond acceptors (Lipinski definition) is 4. The van der Waals surface area contributed by atoms with Crippen LogP contribution in [0.1, 0.15) is 39.2 Å². The van der Waals surface area contributed by atoms with Gasteiger partial charge in [-0.25, -0.2) is 0 Å². The van der Waals surface area contributed by atoms with E-state index in [0.717, 1.165) is 18.1 Å². The van der Waals surface area contributed by atoms with E-state index in [1.165, 1.54) is 24.2 Å². The van der Waals surface area contributed by atoms with Crippen LogP contribution in [0.25, 0.3) is 0 Å². The Kier molecular flexibility index (Phi) is 5.34. The van der Waals surface area contributed by atoms with Crippen molar-refractivity contribution in [2.75, 3.05) is 12.3 Å². The zero-order valence-electron chi connectivity index (χ0n) is 12.1. The van der Waals surface area contributed by atoms with Gasteiger partial charge in [0.05, 0.1) is 0 Å². The van der Waals surface area contributed by atoms with E-state index in [2.05, 4.69) is 42.9 Å². The van der Waals surface area contributed by atoms with Crippen LogP contribution in [0.3, 0.4) is 0 Å². The molecule has 1 aromatic heterocycles. The normalized spacial score (nSPS) is 19.8. The highest BCUT2D eigenvalue weighted by molar-refractivity contribution is 8.13. The Labute approximate surface area is 125 Å². The highest BCUT2D eigenvalue weighted by Gasteiger charge is 2.30. The van der Waals surface area contributed by atoms with Crippen LogP contribution in [-0.4, -0.2) is 23.5 Å². The minimum Gasteiger partial charge on any atom is -0.362 e. The third-order valence-corrected chi connectivity index (χ3v) is 6.07. The average molecular weight is 297 g/mol. The van der Waals surface area contributed by atoms with Gasteiger partial charge in [0.15, 0.2) is 5.17 Å². The standard InChI is InChI=1S/C15H24N2S2/c1-4-15(5-2)10-16-14(19-11-15)17-12(3)8-13-6-7-18-9-13/h6-7,9,12H,4-5,8,10-11H2,1-3H3,(H,16,17). The van der Waals surface area contributed by atoms with Gasteiger partial charge in [-0.15, -0.1) is 0 Å². The first-order valence-corrected chi connectivity index (χ1v) is 9.05. The molecule has 1 aliphatic rings. The van der Waals surface area contributed by atoms with Crippen LogP contribution < -0.4 is 5.32 Å². The molecule has 0 bridgehead atoms. The summed E-state index contributed by atoms with van der Waals surface area (Å²) < 4.78 is 0. The van der Waals surface area contributed by atoms with Crippen molar-refractivity contribution in [3.63, 3.8) is 0 Å². The molecule has 0 radical (unpaired) electrons. The lowest BCUT2D eigenvalue weighted by Crippen LogP contribution is -2.38. The quantitative estimate of drug-likeness (QED) is 0.881. The maximum absolute atomic E-state index is 4.77. The molecule has 1 aliphatic heterocycles. The molecular formula is C15H24N2S2. The Morgan fingerprint density at radius 1 is 1.42 bits per heavy atom. The molecule has 1 aromatic rings. The van der Waals surface area contributed by atoms with Crippen LogP contribution in [0.5, 0.6) is 0 Å². The van der Waals surface area contributed by atoms with Gasteiger partial charge in [-0.2, -0.15) is 11.3 Å². The Balaban J connectivity index is 1.85. The van der Waals surface area contributed by atoms with E-state index in [4.69, 9.17) is 4.99 Å². The van der Waals surface area contributed by atoms with E-state index in [1.807, 2.05) is 11.8 Å². The molecule has 19 heavy (non-hydrogen) atoms. The molecular weight excluding hydrogens is 272 g/mol. The molecule has 0 spiro atoms. The van der Waals surface area contributed by atoms with Crippen LogP contribution >= 0.6 is 23.1 Å². The molecule has 0 aliphatic carbocycles. The first-order valence-electron chi connectivity index (χ1n) is 7.12. The van der Waals surface area contributed by atoms with Gasteiger partial charge in [-0.05, 0) is 54.0 Å². The SMILES string of the molecule is CCC1(CC)CN=C(NC(C)Cc2ccsc2)SC1. The number of rotatable bonds is 5. The minimum atomic E-state index is 0.437. The highest BCUT2D eigenvalue weighted by Crippen LogP contribution is 2.34. The maximum atomic E-state index is 4.77. The van der Waals surface area contributed by atoms with Gasteiger partial charge in [0.2, 0.25) is 0 Å². The summed E-state index contributed by atoms with van der Waals surface area (Å²) in [5, 5.41) is 9.07. The van der Waals surface area contributed by atoms with E-state index >= 15 is 0 Å². The summed E-state index contributed by atoms with van der Waals surface area (Å²) in [4.78, 5) is 4.77. The van der Waals surface area contributed by atoms with Gasteiger partial charge in [-0.3, -0.25) is 4.99 Å². The predicted octanol–water partition coefficient (Wildman–Crippen LogP) is 4.18. The molecule has 2 rings (SSSR count). The van der Waals surface area contributed by atoms with E-state index in [-0.39, 0.29) is 0 Å². The summed E-state index contributed by atoms with van der Waals surface area (Å²) in [6, 6.07) is 2.66. The molecule has 0 aromatic carbocycles. The lowest BCUT2D eigenvalue weighted by Gasteiger charge is -2.34. The summed E-state index contributed by atoms with van der Waals surface area (Å²) in [5.74, 6) is 1.21. The smallest absolute Gasteiger partial charge is 0.156 e. The third-order valence-electron chi connectivity index (χ3n) is 4.07. The van der Waals surface area contributed by atoms with E-state index in [1.54, 1.807) is 11.3 Å². The predicted molar refractivity (Wildman–Crippen MR) is 88.4 cm³/mol. The number of thiophene rings is 1. The summed E-state index contributed by atoms with van der Waals surface area (Å²) in [5.41, 5.74) is 1.86. The fourth-order valence-electron chi connectivity index (χ4n) is 2.34. The number of hydrogen-bond donors (Lipinski definition) is 1. The lowest BCUT2D eigenvalue weighted by atomic mass is 9.84. The van der Waals surface area contributed by atoms with Crippen LogP contribution in [0.15, 0.2) is 21.8 Å². The van der Waals surface area contributed by atoms with Crippen molar-refractivity contribution in [3.8, 4) is 0 Å². The van der Waals surface area contributed by atoms with E-state index in [9.17, 15) is 0 Å². The maximum Gasteiger partial charge on any atom is 0.156 e. The van der Waals surface area contributed by atoms with E-state index < -0.39 is 0 Å². The van der Waals surface area contributed by atoms with Crippen molar-refractivity contribution in [1.82, 2.24) is 5.32 Å². The van der Waals surface area contributed by atoms with Gasteiger partial charge in [0.1, 0.15) is 0 Å². The van der Waals surface area contributed by atoms with Crippen molar-refractivity contribution in [1.29, 1.82) is 0 Å². The van der Waals surface area contributed by atoms with E-state index in [0.29, 0.717) is 11.5 Å². The van der Waals surface area contributed by atoms with Crippen molar-refractivity contribution in [3.05, 3.63) is 22.4 Å². The topological polar surface area (TPSA) is 24.4 Å². The third kappa shape index (κ3) is 3.99. The lowest BCUT2D eigenvalue weighted by molar-refractivity contribution is 0.318. The second-order valence-corrected chi connectivity index (χ2v) is 7.24. The van der Waals surface area contributed by atoms with Crippen molar-refractivity contribution in [2.24, 2.45) is 10.4 Å². The molecule has 1 N–H and O–H groups in total. The molecule has 0 saturated heterocycles. The monoisotopic (exact) mass is 296 g/mol. The van der Waals surface area contributed by atoms with Crippen LogP contribution in [-0.2, 0) is 6.42 Å². The van der Waals surface area contributed by atoms with Gasteiger partial charge < -0.3 is 5.32 Å². The number of thioether (sulfide) groups is 1. The van der Waals surface area contributed by atoms with Gasteiger partial charge in [0.25, 0.3) is 0 Å². The fraction of sp³-hybridized carbons (Fsp3) is 0.667. The molecule has 2 nitrogen and oxygen atoms in total. The van der Waals surface area contributed by atoms with Gasteiger partial charge in [-0.1, -0.05) is 25.6 Å². The Bertz CT molecular complexity index is 408. The van der Waals surface area contributed by atoms with Gasteiger partial charge in [0, 0.05) is 18.3 Å². The van der Waals surface area contributed by atoms with Crippen LogP contribution in [0.4, 0.5) is 0 Å². The zero-order valence-corrected chi connectivity index (χ0v) is 13.7. The van der Waals surface area contributed by atoms with Crippen molar-refractivity contribution < 1.29 is 0 Å². The second-order valence-electron chi connectivity index (χ2n) is 5.50. The summed E-state index contributed by atoms with van der Waals surface area (Å²) in [6.07, 6.45) is 3.55. The summed E-state index contributed by atoms with van der Waals surface area (Å²) in [6.45, 7) is 7.80. The minimum absolute atomic E-state index is 0.437. The Morgan fingerprint density at radius 3 is 2.74 bits per heavy atom. The molecule has 0 saturated carbocycles. The molecule has 1 atom stereocenters. The average Bonchev–Trinajstić information content (AvgIpc) is 2.93. The van der Waals surface area contributed by atoms with Crippen LogP contribution in [0, 0.1) is 5.41 Å². The van der Waals surface area contributed by atoms with Crippen molar-refractivity contribution >= 4 is 28.3 Å². The molecule has 0 fully saturated rings. The highest BCUT2D eigenvalue weighted by atomic mass is 32.2. The van der Waals surface area contributed by atoms with Crippen LogP contribution in [0.2, 0.25) is 0 Å². The summed E-state index contributed by atoms with van der Waals surface area (Å²) in [7, 11) is 0. The van der Waals surface area contributed by atoms with Crippen molar-refractivity contribution in [2.45, 2.75) is 46.1 Å². The Hall–Kier alpha value is -0.480. The number of nitrogens with one attached hydrogen (secondary N) is 1. The second kappa shape index (κ2) is 6.80. The zero-order chi connectivity index (χ0) is 13.7. The molecule has 1 unspecified atom stereocenters. The molecule has 106 valence electrons. The summed E-state index contributed by atoms with van der Waals surface area (Å²) >= 11 is 3.67. The van der Waals surface area contributed by atoms with Gasteiger partial charge >= 0.3 is 0 Å². The fourth-order valence-corrected chi connectivity index (χ4v) is 4.41. The molecule has 2 heterocycles. The number of nitrogens with zero attached hydrogens (tertiary/aromatic N) is 1. The first kappa shape index (κ1) is 14.9. The Morgan fingerprint density at radius 2 is 2.21 bits per heavy atom. The first-order chi connectivity index (χ1) is 9.17. The molecule has 4 heteroatoms. The molecule has 0 amide bonds.